The van der Waals surface area contributed by atoms with Crippen LogP contribution >= 0.6 is 0 Å². The number of carbonyl (C=O) groups excluding carboxylic acids is 2. The molecule has 1 heterocycles. The minimum atomic E-state index is -0.859. The van der Waals surface area contributed by atoms with Crippen molar-refractivity contribution in [1.29, 1.82) is 0 Å². The lowest BCUT2D eigenvalue weighted by Gasteiger charge is -2.24. The third-order valence-corrected chi connectivity index (χ3v) is 3.46. The van der Waals surface area contributed by atoms with Crippen LogP contribution < -0.4 is 5.32 Å². The molecule has 7 nitrogen and oxygen atoms in total. The molecule has 2 N–H and O–H groups in total. The summed E-state index contributed by atoms with van der Waals surface area (Å²) >= 11 is 0. The second kappa shape index (κ2) is 7.53. The molecular formula is C17H24N2O5. The van der Waals surface area contributed by atoms with Gasteiger partial charge in [-0.1, -0.05) is 30.3 Å². The predicted molar refractivity (Wildman–Crippen MR) is 87.4 cm³/mol. The Morgan fingerprint density at radius 3 is 2.54 bits per heavy atom. The maximum absolute atomic E-state index is 12.0. The van der Waals surface area contributed by atoms with Gasteiger partial charge in [0, 0.05) is 6.54 Å². The lowest BCUT2D eigenvalue weighted by atomic mass is 10.2. The molecule has 2 atom stereocenters. The van der Waals surface area contributed by atoms with E-state index in [0.717, 1.165) is 5.56 Å². The molecule has 0 bridgehead atoms. The quantitative estimate of drug-likeness (QED) is 0.880. The average molecular weight is 336 g/mol. The van der Waals surface area contributed by atoms with Crippen LogP contribution in [-0.2, 0) is 16.1 Å². The highest BCUT2D eigenvalue weighted by Gasteiger charge is 2.37. The number of amides is 2. The summed E-state index contributed by atoms with van der Waals surface area (Å²) < 4.78 is 10.4. The number of hydrogen-bond donors (Lipinski definition) is 2. The van der Waals surface area contributed by atoms with E-state index < -0.39 is 29.9 Å². The second-order valence-electron chi connectivity index (χ2n) is 6.77. The normalized spacial score (nSPS) is 20.6. The van der Waals surface area contributed by atoms with E-state index in [1.165, 1.54) is 4.90 Å². The van der Waals surface area contributed by atoms with Crippen LogP contribution in [0.5, 0.6) is 0 Å². The number of benzene rings is 1. The number of hydrogen-bond acceptors (Lipinski definition) is 5. The van der Waals surface area contributed by atoms with Gasteiger partial charge in [0.2, 0.25) is 0 Å². The molecule has 24 heavy (non-hydrogen) atoms. The van der Waals surface area contributed by atoms with Gasteiger partial charge < -0.3 is 24.8 Å². The average Bonchev–Trinajstić information content (AvgIpc) is 2.86. The van der Waals surface area contributed by atoms with E-state index in [0.29, 0.717) is 0 Å². The second-order valence-corrected chi connectivity index (χ2v) is 6.77. The van der Waals surface area contributed by atoms with Gasteiger partial charge in [0.05, 0.1) is 18.7 Å². The van der Waals surface area contributed by atoms with Crippen molar-refractivity contribution in [2.75, 3.05) is 13.1 Å². The first-order chi connectivity index (χ1) is 11.2. The maximum Gasteiger partial charge on any atom is 0.410 e. The number of aliphatic hydroxyl groups is 1. The van der Waals surface area contributed by atoms with Gasteiger partial charge in [-0.25, -0.2) is 9.59 Å². The van der Waals surface area contributed by atoms with Crippen molar-refractivity contribution in [3.05, 3.63) is 35.9 Å². The summed E-state index contributed by atoms with van der Waals surface area (Å²) in [6, 6.07) is 8.71. The fourth-order valence-corrected chi connectivity index (χ4v) is 2.32. The molecule has 0 aliphatic carbocycles. The van der Waals surface area contributed by atoms with E-state index >= 15 is 0 Å². The fourth-order valence-electron chi connectivity index (χ4n) is 2.32. The van der Waals surface area contributed by atoms with Gasteiger partial charge in [-0.15, -0.1) is 0 Å². The first-order valence-corrected chi connectivity index (χ1v) is 7.88. The Bertz CT molecular complexity index is 570. The van der Waals surface area contributed by atoms with Crippen LogP contribution in [0.25, 0.3) is 0 Å². The molecule has 132 valence electrons. The molecule has 0 radical (unpaired) electrons. The van der Waals surface area contributed by atoms with E-state index in [9.17, 15) is 14.7 Å². The number of nitrogens with zero attached hydrogens (tertiary/aromatic N) is 1. The molecule has 1 aromatic rings. The Morgan fingerprint density at radius 2 is 1.92 bits per heavy atom. The maximum atomic E-state index is 12.0. The Balaban J connectivity index is 1.80. The monoisotopic (exact) mass is 336 g/mol. The minimum absolute atomic E-state index is 0.110. The molecule has 2 amide bonds. The molecule has 1 fully saturated rings. The van der Waals surface area contributed by atoms with Crippen LogP contribution in [0.15, 0.2) is 30.3 Å². The zero-order valence-corrected chi connectivity index (χ0v) is 14.2. The number of likely N-dealkylation sites (tertiary alicyclic amines) is 1. The fraction of sp³-hybridized carbons (Fsp3) is 0.529. The highest BCUT2D eigenvalue weighted by Crippen LogP contribution is 2.16. The number of aliphatic hydroxyl groups excluding tert-OH is 1. The molecule has 0 spiro atoms. The number of alkyl carbamates (subject to hydrolysis) is 1. The Morgan fingerprint density at radius 1 is 1.25 bits per heavy atom. The van der Waals surface area contributed by atoms with Crippen molar-refractivity contribution in [2.24, 2.45) is 0 Å². The smallest absolute Gasteiger partial charge is 0.410 e. The molecule has 0 aromatic heterocycles. The van der Waals surface area contributed by atoms with E-state index in [1.54, 1.807) is 20.8 Å². The Kier molecular flexibility index (Phi) is 5.66. The van der Waals surface area contributed by atoms with E-state index in [4.69, 9.17) is 9.47 Å². The summed E-state index contributed by atoms with van der Waals surface area (Å²) in [7, 11) is 0. The van der Waals surface area contributed by atoms with Crippen LogP contribution in [0.2, 0.25) is 0 Å². The number of nitrogens with one attached hydrogen (secondary N) is 1. The standard InChI is InChI=1S/C17H24N2O5/c1-17(2,3)24-16(22)19-9-13(14(20)10-19)18-15(21)23-11-12-7-5-4-6-8-12/h4-8,13-14,20H,9-11H2,1-3H3,(H,18,21)/t13-,14+/m0/s1. The number of β-amino-alcohol motifs (C(OH)–C–C–N with tert-alkyl or cyclic N) is 1. The van der Waals surface area contributed by atoms with Crippen LogP contribution in [0, 0.1) is 0 Å². The molecular weight excluding hydrogens is 312 g/mol. The molecule has 7 heteroatoms. The summed E-state index contributed by atoms with van der Waals surface area (Å²) in [6.07, 6.45) is -2.00. The predicted octanol–water partition coefficient (Wildman–Crippen LogP) is 1.89. The summed E-state index contributed by atoms with van der Waals surface area (Å²) in [4.78, 5) is 25.2. The van der Waals surface area contributed by atoms with E-state index in [2.05, 4.69) is 5.32 Å². The van der Waals surface area contributed by atoms with E-state index in [1.807, 2.05) is 30.3 Å². The first kappa shape index (κ1) is 18.1. The van der Waals surface area contributed by atoms with Crippen molar-refractivity contribution in [3.8, 4) is 0 Å². The highest BCUT2D eigenvalue weighted by molar-refractivity contribution is 5.70. The summed E-state index contributed by atoms with van der Waals surface area (Å²) in [6.45, 7) is 5.75. The van der Waals surface area contributed by atoms with Gasteiger partial charge in [0.15, 0.2) is 0 Å². The minimum Gasteiger partial charge on any atom is -0.445 e. The third kappa shape index (κ3) is 5.42. The SMILES string of the molecule is CC(C)(C)OC(=O)N1C[C@@H](O)[C@@H](NC(=O)OCc2ccccc2)C1. The van der Waals surface area contributed by atoms with Gasteiger partial charge >= 0.3 is 12.2 Å². The lowest BCUT2D eigenvalue weighted by Crippen LogP contribution is -2.43. The largest absolute Gasteiger partial charge is 0.445 e. The Labute approximate surface area is 141 Å². The molecule has 2 rings (SSSR count). The summed E-state index contributed by atoms with van der Waals surface area (Å²) in [5.41, 5.74) is 0.261. The lowest BCUT2D eigenvalue weighted by molar-refractivity contribution is 0.0269. The van der Waals surface area contributed by atoms with E-state index in [-0.39, 0.29) is 19.7 Å². The van der Waals surface area contributed by atoms with Crippen LogP contribution in [-0.4, -0.2) is 53.0 Å². The molecule has 1 aliphatic rings. The zero-order valence-electron chi connectivity index (χ0n) is 14.2. The van der Waals surface area contributed by atoms with Crippen molar-refractivity contribution in [1.82, 2.24) is 10.2 Å². The van der Waals surface area contributed by atoms with Gasteiger partial charge in [-0.05, 0) is 26.3 Å². The summed E-state index contributed by atoms with van der Waals surface area (Å²) in [5, 5.41) is 12.6. The van der Waals surface area contributed by atoms with Gasteiger partial charge in [0.1, 0.15) is 12.2 Å². The summed E-state index contributed by atoms with van der Waals surface area (Å²) in [5.74, 6) is 0. The number of carbonyl (C=O) groups is 2. The van der Waals surface area contributed by atoms with Gasteiger partial charge in [-0.2, -0.15) is 0 Å². The van der Waals surface area contributed by atoms with Crippen molar-refractivity contribution < 1.29 is 24.2 Å². The highest BCUT2D eigenvalue weighted by atomic mass is 16.6. The molecule has 1 aliphatic heterocycles. The molecule has 1 saturated heterocycles. The first-order valence-electron chi connectivity index (χ1n) is 7.88. The topological polar surface area (TPSA) is 88.1 Å². The third-order valence-electron chi connectivity index (χ3n) is 3.46. The van der Waals surface area contributed by atoms with Crippen LogP contribution in [0.4, 0.5) is 9.59 Å². The molecule has 0 unspecified atom stereocenters. The Hall–Kier alpha value is -2.28. The van der Waals surface area contributed by atoms with Crippen molar-refractivity contribution >= 4 is 12.2 Å². The van der Waals surface area contributed by atoms with Gasteiger partial charge in [0.25, 0.3) is 0 Å². The number of ether oxygens (including phenoxy) is 2. The van der Waals surface area contributed by atoms with Gasteiger partial charge in [-0.3, -0.25) is 0 Å². The molecule has 1 aromatic carbocycles. The van der Waals surface area contributed by atoms with Crippen molar-refractivity contribution in [2.45, 2.75) is 45.1 Å². The van der Waals surface area contributed by atoms with Crippen molar-refractivity contribution in [3.63, 3.8) is 0 Å². The zero-order chi connectivity index (χ0) is 17.7. The van der Waals surface area contributed by atoms with Crippen LogP contribution in [0.3, 0.4) is 0 Å². The molecule has 0 saturated carbocycles. The number of rotatable bonds is 3. The van der Waals surface area contributed by atoms with Crippen LogP contribution in [0.1, 0.15) is 26.3 Å².